The minimum absolute atomic E-state index is 0.158. The molecule has 0 aromatic heterocycles. The molecule has 0 saturated heterocycles. The Bertz CT molecular complexity index is 581. The Morgan fingerprint density at radius 2 is 1.75 bits per heavy atom. The molecule has 0 radical (unpaired) electrons. The number of benzene rings is 2. The van der Waals surface area contributed by atoms with E-state index < -0.39 is 0 Å². The number of nitrogens with one attached hydrogen (secondary N) is 1. The van der Waals surface area contributed by atoms with Gasteiger partial charge < -0.3 is 5.32 Å². The molecule has 0 aliphatic carbocycles. The van der Waals surface area contributed by atoms with E-state index in [0.717, 1.165) is 23.6 Å². The van der Waals surface area contributed by atoms with Gasteiger partial charge in [0.25, 0.3) is 0 Å². The van der Waals surface area contributed by atoms with Crippen molar-refractivity contribution in [2.24, 2.45) is 0 Å². The van der Waals surface area contributed by atoms with E-state index in [1.807, 2.05) is 18.2 Å². The van der Waals surface area contributed by atoms with Gasteiger partial charge in [-0.25, -0.2) is 0 Å². The van der Waals surface area contributed by atoms with Gasteiger partial charge in [0.1, 0.15) is 0 Å². The molecule has 0 aliphatic rings. The average molecular weight is 308 g/mol. The van der Waals surface area contributed by atoms with Crippen LogP contribution in [0, 0.1) is 0 Å². The molecule has 3 heteroatoms. The fourth-order valence-electron chi connectivity index (χ4n) is 2.29. The second-order valence-corrected chi connectivity index (χ2v) is 5.73. The molecule has 2 rings (SSSR count). The van der Waals surface area contributed by atoms with E-state index in [9.17, 15) is 0 Å². The fraction of sp³-hybridized carbons (Fsp3) is 0.294. The van der Waals surface area contributed by atoms with Gasteiger partial charge in [-0.3, -0.25) is 0 Å². The summed E-state index contributed by atoms with van der Waals surface area (Å²) in [4.78, 5) is 0. The zero-order valence-electron chi connectivity index (χ0n) is 11.8. The molecule has 0 fully saturated rings. The molecule has 1 unspecified atom stereocenters. The second-order valence-electron chi connectivity index (χ2n) is 4.89. The van der Waals surface area contributed by atoms with E-state index in [1.165, 1.54) is 11.1 Å². The lowest BCUT2D eigenvalue weighted by Crippen LogP contribution is -2.19. The standard InChI is InChI=1S/C17H19Cl2N/c1-3-13-6-4-5-7-14(13)11-20-12(2)16-10-15(18)8-9-17(16)19/h4-10,12,20H,3,11H2,1-2H3. The van der Waals surface area contributed by atoms with Crippen molar-refractivity contribution in [2.75, 3.05) is 0 Å². The van der Waals surface area contributed by atoms with Gasteiger partial charge >= 0.3 is 0 Å². The lowest BCUT2D eigenvalue weighted by molar-refractivity contribution is 0.573. The fourth-order valence-corrected chi connectivity index (χ4v) is 2.76. The van der Waals surface area contributed by atoms with Crippen molar-refractivity contribution in [3.8, 4) is 0 Å². The highest BCUT2D eigenvalue weighted by Crippen LogP contribution is 2.26. The Balaban J connectivity index is 2.08. The predicted molar refractivity (Wildman–Crippen MR) is 87.5 cm³/mol. The van der Waals surface area contributed by atoms with Crippen LogP contribution in [-0.2, 0) is 13.0 Å². The zero-order valence-corrected chi connectivity index (χ0v) is 13.3. The molecule has 20 heavy (non-hydrogen) atoms. The summed E-state index contributed by atoms with van der Waals surface area (Å²) in [5, 5.41) is 4.98. The summed E-state index contributed by atoms with van der Waals surface area (Å²) < 4.78 is 0. The number of aryl methyl sites for hydroxylation is 1. The second kappa shape index (κ2) is 7.12. The van der Waals surface area contributed by atoms with Gasteiger partial charge in [-0.05, 0) is 48.2 Å². The first-order chi connectivity index (χ1) is 9.61. The van der Waals surface area contributed by atoms with Crippen LogP contribution >= 0.6 is 23.2 Å². The van der Waals surface area contributed by atoms with Crippen molar-refractivity contribution >= 4 is 23.2 Å². The zero-order chi connectivity index (χ0) is 14.5. The van der Waals surface area contributed by atoms with Crippen LogP contribution in [0.4, 0.5) is 0 Å². The molecule has 106 valence electrons. The third-order valence-corrected chi connectivity index (χ3v) is 4.10. The molecular formula is C17H19Cl2N. The topological polar surface area (TPSA) is 12.0 Å². The van der Waals surface area contributed by atoms with Crippen LogP contribution in [0.5, 0.6) is 0 Å². The van der Waals surface area contributed by atoms with Crippen molar-refractivity contribution in [1.82, 2.24) is 5.32 Å². The quantitative estimate of drug-likeness (QED) is 0.779. The van der Waals surface area contributed by atoms with Gasteiger partial charge in [0.2, 0.25) is 0 Å². The molecule has 0 heterocycles. The normalized spacial score (nSPS) is 12.4. The lowest BCUT2D eigenvalue weighted by atomic mass is 10.0. The predicted octanol–water partition coefficient (Wildman–Crippen LogP) is 5.41. The number of hydrogen-bond donors (Lipinski definition) is 1. The van der Waals surface area contributed by atoms with Crippen LogP contribution in [0.1, 0.15) is 36.6 Å². The van der Waals surface area contributed by atoms with Gasteiger partial charge in [0, 0.05) is 22.6 Å². The number of halogens is 2. The summed E-state index contributed by atoms with van der Waals surface area (Å²) in [5.41, 5.74) is 3.75. The van der Waals surface area contributed by atoms with E-state index in [-0.39, 0.29) is 6.04 Å². The Hall–Kier alpha value is -1.02. The van der Waals surface area contributed by atoms with Crippen molar-refractivity contribution in [3.63, 3.8) is 0 Å². The van der Waals surface area contributed by atoms with Gasteiger partial charge in [0.15, 0.2) is 0 Å². The van der Waals surface area contributed by atoms with E-state index in [2.05, 4.69) is 43.4 Å². The molecule has 0 bridgehead atoms. The van der Waals surface area contributed by atoms with Crippen molar-refractivity contribution in [3.05, 3.63) is 69.2 Å². The van der Waals surface area contributed by atoms with Gasteiger partial charge in [-0.1, -0.05) is 54.4 Å². The van der Waals surface area contributed by atoms with Crippen LogP contribution in [0.15, 0.2) is 42.5 Å². The largest absolute Gasteiger partial charge is 0.306 e. The number of hydrogen-bond acceptors (Lipinski definition) is 1. The highest BCUT2D eigenvalue weighted by molar-refractivity contribution is 6.33. The molecule has 0 aliphatic heterocycles. The molecular weight excluding hydrogens is 289 g/mol. The van der Waals surface area contributed by atoms with E-state index in [0.29, 0.717) is 5.02 Å². The molecule has 1 atom stereocenters. The van der Waals surface area contributed by atoms with Crippen LogP contribution in [-0.4, -0.2) is 0 Å². The summed E-state index contributed by atoms with van der Waals surface area (Å²) in [7, 11) is 0. The van der Waals surface area contributed by atoms with Crippen molar-refractivity contribution in [1.29, 1.82) is 0 Å². The first-order valence-electron chi connectivity index (χ1n) is 6.87. The summed E-state index contributed by atoms with van der Waals surface area (Å²) in [5.74, 6) is 0. The minimum Gasteiger partial charge on any atom is -0.306 e. The van der Waals surface area contributed by atoms with E-state index in [4.69, 9.17) is 23.2 Å². The molecule has 0 amide bonds. The lowest BCUT2D eigenvalue weighted by Gasteiger charge is -2.17. The first-order valence-corrected chi connectivity index (χ1v) is 7.62. The molecule has 1 nitrogen and oxygen atoms in total. The Morgan fingerprint density at radius 1 is 1.05 bits per heavy atom. The average Bonchev–Trinajstić information content (AvgIpc) is 2.47. The first kappa shape index (κ1) is 15.4. The summed E-state index contributed by atoms with van der Waals surface area (Å²) in [6, 6.07) is 14.2. The minimum atomic E-state index is 0.158. The Labute approximate surface area is 130 Å². The molecule has 0 spiro atoms. The maximum Gasteiger partial charge on any atom is 0.0454 e. The summed E-state index contributed by atoms with van der Waals surface area (Å²) >= 11 is 12.3. The van der Waals surface area contributed by atoms with Gasteiger partial charge in [-0.15, -0.1) is 0 Å². The Morgan fingerprint density at radius 3 is 2.45 bits per heavy atom. The van der Waals surface area contributed by atoms with Crippen LogP contribution < -0.4 is 5.32 Å². The SMILES string of the molecule is CCc1ccccc1CNC(C)c1cc(Cl)ccc1Cl. The van der Waals surface area contributed by atoms with Gasteiger partial charge in [0.05, 0.1) is 0 Å². The van der Waals surface area contributed by atoms with E-state index in [1.54, 1.807) is 0 Å². The van der Waals surface area contributed by atoms with Crippen LogP contribution in [0.2, 0.25) is 10.0 Å². The smallest absolute Gasteiger partial charge is 0.0454 e. The third-order valence-electron chi connectivity index (χ3n) is 3.52. The summed E-state index contributed by atoms with van der Waals surface area (Å²) in [6.07, 6.45) is 1.05. The highest BCUT2D eigenvalue weighted by Gasteiger charge is 2.10. The van der Waals surface area contributed by atoms with E-state index >= 15 is 0 Å². The van der Waals surface area contributed by atoms with Crippen molar-refractivity contribution in [2.45, 2.75) is 32.9 Å². The number of rotatable bonds is 5. The Kier molecular flexibility index (Phi) is 5.47. The molecule has 1 N–H and O–H groups in total. The third kappa shape index (κ3) is 3.76. The monoisotopic (exact) mass is 307 g/mol. The maximum atomic E-state index is 6.23. The maximum absolute atomic E-state index is 6.23. The van der Waals surface area contributed by atoms with Gasteiger partial charge in [-0.2, -0.15) is 0 Å². The van der Waals surface area contributed by atoms with Crippen LogP contribution in [0.25, 0.3) is 0 Å². The van der Waals surface area contributed by atoms with Crippen LogP contribution in [0.3, 0.4) is 0 Å². The summed E-state index contributed by atoms with van der Waals surface area (Å²) in [6.45, 7) is 5.11. The molecule has 2 aromatic rings. The molecule has 2 aromatic carbocycles. The highest BCUT2D eigenvalue weighted by atomic mass is 35.5. The van der Waals surface area contributed by atoms with Crippen molar-refractivity contribution < 1.29 is 0 Å². The molecule has 0 saturated carbocycles.